The predicted molar refractivity (Wildman–Crippen MR) is 123 cm³/mol. The van der Waals surface area contributed by atoms with Crippen molar-refractivity contribution in [3.63, 3.8) is 0 Å². The van der Waals surface area contributed by atoms with Gasteiger partial charge in [-0.25, -0.2) is 0 Å². The van der Waals surface area contributed by atoms with Gasteiger partial charge in [-0.2, -0.15) is 0 Å². The van der Waals surface area contributed by atoms with E-state index in [4.69, 9.17) is 0 Å². The van der Waals surface area contributed by atoms with Gasteiger partial charge in [-0.05, 0) is 30.2 Å². The summed E-state index contributed by atoms with van der Waals surface area (Å²) in [7, 11) is 1.87. The van der Waals surface area contributed by atoms with Gasteiger partial charge in [0.1, 0.15) is 5.69 Å². The molecule has 2 aromatic rings. The molecule has 2 fully saturated rings. The van der Waals surface area contributed by atoms with Crippen molar-refractivity contribution in [2.45, 2.75) is 19.0 Å². The molecule has 2 aliphatic rings. The van der Waals surface area contributed by atoms with Gasteiger partial charge >= 0.3 is 0 Å². The third-order valence-corrected chi connectivity index (χ3v) is 6.06. The van der Waals surface area contributed by atoms with Crippen LogP contribution in [0.5, 0.6) is 0 Å². The maximum atomic E-state index is 11.8. The molecule has 0 radical (unpaired) electrons. The third-order valence-electron chi connectivity index (χ3n) is 6.06. The number of likely N-dealkylation sites (tertiary alicyclic amines) is 1. The van der Waals surface area contributed by atoms with Crippen molar-refractivity contribution in [3.05, 3.63) is 64.2 Å². The van der Waals surface area contributed by atoms with E-state index in [9.17, 15) is 10.1 Å². The van der Waals surface area contributed by atoms with Crippen LogP contribution in [0.4, 0.5) is 17.1 Å². The SMILES string of the molecule is CN(c1ccccc1)c1ccc(CN2CCC(N3CCNCC3)C2)cc1[N+](=O)[O-].Cl. The number of hydrogen-bond donors (Lipinski definition) is 1. The molecule has 2 aromatic carbocycles. The number of para-hydroxylation sites is 1. The van der Waals surface area contributed by atoms with Crippen LogP contribution in [0.2, 0.25) is 0 Å². The minimum absolute atomic E-state index is 0. The Bertz CT molecular complexity index is 845. The van der Waals surface area contributed by atoms with Gasteiger partial charge in [0, 0.05) is 70.7 Å². The van der Waals surface area contributed by atoms with Gasteiger partial charge in [0.15, 0.2) is 0 Å². The molecule has 2 heterocycles. The van der Waals surface area contributed by atoms with Crippen molar-refractivity contribution in [1.29, 1.82) is 0 Å². The Morgan fingerprint density at radius 2 is 1.87 bits per heavy atom. The number of anilines is 2. The molecular formula is C22H30ClN5O2. The van der Waals surface area contributed by atoms with Crippen LogP contribution in [0.25, 0.3) is 0 Å². The van der Waals surface area contributed by atoms with E-state index in [-0.39, 0.29) is 23.0 Å². The van der Waals surface area contributed by atoms with E-state index in [1.165, 1.54) is 6.42 Å². The molecule has 8 heteroatoms. The van der Waals surface area contributed by atoms with E-state index in [1.54, 1.807) is 6.07 Å². The number of piperazine rings is 1. The zero-order chi connectivity index (χ0) is 20.2. The smallest absolute Gasteiger partial charge is 0.293 e. The first-order valence-corrected chi connectivity index (χ1v) is 10.3. The van der Waals surface area contributed by atoms with Crippen LogP contribution < -0.4 is 10.2 Å². The highest BCUT2D eigenvalue weighted by molar-refractivity contribution is 5.85. The zero-order valence-electron chi connectivity index (χ0n) is 17.4. The summed E-state index contributed by atoms with van der Waals surface area (Å²) >= 11 is 0. The molecule has 162 valence electrons. The summed E-state index contributed by atoms with van der Waals surface area (Å²) in [5, 5.41) is 15.2. The number of nitrogens with zero attached hydrogens (tertiary/aromatic N) is 4. The first-order chi connectivity index (χ1) is 14.1. The standard InChI is InChI=1S/C22H29N5O2.ClH/c1-24(19-5-3-2-4-6-19)21-8-7-18(15-22(21)27(28)29)16-25-12-9-20(17-25)26-13-10-23-11-14-26;/h2-8,15,20,23H,9-14,16-17H2,1H3;1H. The monoisotopic (exact) mass is 431 g/mol. The second kappa shape index (κ2) is 10.2. The third kappa shape index (κ3) is 5.10. The lowest BCUT2D eigenvalue weighted by Gasteiger charge is -2.32. The molecule has 1 N–H and O–H groups in total. The zero-order valence-corrected chi connectivity index (χ0v) is 18.2. The van der Waals surface area contributed by atoms with Gasteiger partial charge in [-0.15, -0.1) is 12.4 Å². The number of hydrogen-bond acceptors (Lipinski definition) is 6. The summed E-state index contributed by atoms with van der Waals surface area (Å²) in [4.78, 5) is 18.4. The molecule has 0 bridgehead atoms. The Morgan fingerprint density at radius 1 is 1.13 bits per heavy atom. The van der Waals surface area contributed by atoms with Gasteiger partial charge < -0.3 is 10.2 Å². The van der Waals surface area contributed by atoms with Gasteiger partial charge in [0.2, 0.25) is 0 Å². The fourth-order valence-corrected chi connectivity index (χ4v) is 4.45. The molecule has 30 heavy (non-hydrogen) atoms. The summed E-state index contributed by atoms with van der Waals surface area (Å²) in [5.41, 5.74) is 2.71. The van der Waals surface area contributed by atoms with Crippen LogP contribution >= 0.6 is 12.4 Å². The van der Waals surface area contributed by atoms with Crippen molar-refractivity contribution >= 4 is 29.5 Å². The van der Waals surface area contributed by atoms with Crippen molar-refractivity contribution in [2.24, 2.45) is 0 Å². The molecule has 2 saturated heterocycles. The minimum atomic E-state index is -0.272. The van der Waals surface area contributed by atoms with Crippen molar-refractivity contribution in [1.82, 2.24) is 15.1 Å². The number of nitro groups is 1. The van der Waals surface area contributed by atoms with Crippen molar-refractivity contribution in [3.8, 4) is 0 Å². The van der Waals surface area contributed by atoms with E-state index >= 15 is 0 Å². The van der Waals surface area contributed by atoms with Gasteiger partial charge in [-0.3, -0.25) is 19.9 Å². The number of halogens is 1. The Balaban J connectivity index is 0.00000256. The molecule has 0 amide bonds. The number of rotatable bonds is 6. The molecule has 2 aliphatic heterocycles. The van der Waals surface area contributed by atoms with Crippen LogP contribution in [0, 0.1) is 10.1 Å². The Labute approximate surface area is 184 Å². The van der Waals surface area contributed by atoms with E-state index in [0.717, 1.165) is 57.1 Å². The lowest BCUT2D eigenvalue weighted by molar-refractivity contribution is -0.384. The Kier molecular flexibility index (Phi) is 7.66. The van der Waals surface area contributed by atoms with Crippen LogP contribution in [0.3, 0.4) is 0 Å². The number of nitrogens with one attached hydrogen (secondary N) is 1. The van der Waals surface area contributed by atoms with E-state index in [2.05, 4.69) is 15.1 Å². The quantitative estimate of drug-likeness (QED) is 0.559. The van der Waals surface area contributed by atoms with Gasteiger partial charge in [0.05, 0.1) is 4.92 Å². The molecule has 0 aliphatic carbocycles. The second-order valence-corrected chi connectivity index (χ2v) is 7.94. The van der Waals surface area contributed by atoms with Crippen LogP contribution in [-0.2, 0) is 6.54 Å². The second-order valence-electron chi connectivity index (χ2n) is 7.94. The summed E-state index contributed by atoms with van der Waals surface area (Å²) in [6.45, 7) is 7.22. The highest BCUT2D eigenvalue weighted by atomic mass is 35.5. The van der Waals surface area contributed by atoms with E-state index in [1.807, 2.05) is 54.4 Å². The summed E-state index contributed by atoms with van der Waals surface area (Å²) in [6.07, 6.45) is 1.18. The van der Waals surface area contributed by atoms with E-state index in [0.29, 0.717) is 11.7 Å². The highest BCUT2D eigenvalue weighted by Crippen LogP contribution is 2.33. The molecule has 1 atom stereocenters. The fraction of sp³-hybridized carbons (Fsp3) is 0.455. The van der Waals surface area contributed by atoms with Crippen LogP contribution in [0.15, 0.2) is 48.5 Å². The molecule has 0 spiro atoms. The molecule has 0 aromatic heterocycles. The average Bonchev–Trinajstić information content (AvgIpc) is 3.23. The topological polar surface area (TPSA) is 64.9 Å². The fourth-order valence-electron chi connectivity index (χ4n) is 4.45. The highest BCUT2D eigenvalue weighted by Gasteiger charge is 2.29. The molecule has 7 nitrogen and oxygen atoms in total. The van der Waals surface area contributed by atoms with Gasteiger partial charge in [-0.1, -0.05) is 24.3 Å². The van der Waals surface area contributed by atoms with E-state index < -0.39 is 0 Å². The largest absolute Gasteiger partial charge is 0.339 e. The van der Waals surface area contributed by atoms with Crippen molar-refractivity contribution < 1.29 is 4.92 Å². The maximum Gasteiger partial charge on any atom is 0.293 e. The average molecular weight is 432 g/mol. The van der Waals surface area contributed by atoms with Gasteiger partial charge in [0.25, 0.3) is 5.69 Å². The number of benzene rings is 2. The minimum Gasteiger partial charge on any atom is -0.339 e. The number of nitro benzene ring substituents is 1. The lowest BCUT2D eigenvalue weighted by atomic mass is 10.1. The van der Waals surface area contributed by atoms with Crippen molar-refractivity contribution in [2.75, 3.05) is 51.2 Å². The predicted octanol–water partition coefficient (Wildman–Crippen LogP) is 3.26. The first kappa shape index (κ1) is 22.5. The Morgan fingerprint density at radius 3 is 2.57 bits per heavy atom. The molecule has 4 rings (SSSR count). The lowest BCUT2D eigenvalue weighted by Crippen LogP contribution is -2.49. The summed E-state index contributed by atoms with van der Waals surface area (Å²) in [5.74, 6) is 0. The van der Waals surface area contributed by atoms with Crippen LogP contribution in [0.1, 0.15) is 12.0 Å². The molecule has 1 unspecified atom stereocenters. The summed E-state index contributed by atoms with van der Waals surface area (Å²) < 4.78 is 0. The normalized spacial score (nSPS) is 20.0. The summed E-state index contributed by atoms with van der Waals surface area (Å²) in [6, 6.07) is 16.0. The van der Waals surface area contributed by atoms with Crippen LogP contribution in [-0.4, -0.2) is 67.1 Å². The molecule has 0 saturated carbocycles. The Hall–Kier alpha value is -2.19. The maximum absolute atomic E-state index is 11.8. The first-order valence-electron chi connectivity index (χ1n) is 10.3. The molecular weight excluding hydrogens is 402 g/mol.